The molecule has 1 heterocycles. The Balaban J connectivity index is 1.99. The highest BCUT2D eigenvalue weighted by atomic mass is 19.4. The van der Waals surface area contributed by atoms with E-state index in [0.29, 0.717) is 0 Å². The van der Waals surface area contributed by atoms with Crippen LogP contribution in [-0.2, 0) is 12.7 Å². The third-order valence-electron chi connectivity index (χ3n) is 2.86. The smallest absolute Gasteiger partial charge is 0.416 e. The third kappa shape index (κ3) is 5.19. The Labute approximate surface area is 140 Å². The molecule has 1 aromatic heterocycles. The molecule has 11 heteroatoms. The van der Waals surface area contributed by atoms with Crippen molar-refractivity contribution in [2.24, 2.45) is 0 Å². The van der Waals surface area contributed by atoms with Crippen LogP contribution in [0.1, 0.15) is 11.4 Å². The highest BCUT2D eigenvalue weighted by molar-refractivity contribution is 5.89. The van der Waals surface area contributed by atoms with E-state index >= 15 is 0 Å². The summed E-state index contributed by atoms with van der Waals surface area (Å²) in [6, 6.07) is 3.55. The molecular weight excluding hydrogens is 343 g/mol. The van der Waals surface area contributed by atoms with Gasteiger partial charge in [-0.05, 0) is 18.2 Å². The molecule has 8 nitrogen and oxygen atoms in total. The van der Waals surface area contributed by atoms with Crippen LogP contribution in [0.25, 0.3) is 0 Å². The summed E-state index contributed by atoms with van der Waals surface area (Å²) in [5.41, 5.74) is -0.865. The Hall–Kier alpha value is -3.11. The average molecular weight is 357 g/mol. The summed E-state index contributed by atoms with van der Waals surface area (Å²) in [6.07, 6.45) is -4.49. The molecule has 0 radical (unpaired) electrons. The first-order valence-electron chi connectivity index (χ1n) is 6.87. The number of hydrogen-bond donors (Lipinski definition) is 2. The van der Waals surface area contributed by atoms with Crippen molar-refractivity contribution in [3.8, 4) is 12.0 Å². The summed E-state index contributed by atoms with van der Waals surface area (Å²) in [5.74, 6) is 0.155. The fourth-order valence-electron chi connectivity index (χ4n) is 1.75. The van der Waals surface area contributed by atoms with E-state index in [1.54, 1.807) is 0 Å². The number of urea groups is 1. The number of methoxy groups -OCH3 is 2. The molecule has 0 aliphatic heterocycles. The first-order valence-corrected chi connectivity index (χ1v) is 6.87. The Kier molecular flexibility index (Phi) is 5.57. The molecule has 0 spiro atoms. The van der Waals surface area contributed by atoms with Crippen molar-refractivity contribution in [2.45, 2.75) is 12.7 Å². The molecule has 2 rings (SSSR count). The van der Waals surface area contributed by atoms with Crippen LogP contribution in [0, 0.1) is 0 Å². The lowest BCUT2D eigenvalue weighted by Crippen LogP contribution is -2.29. The molecule has 2 aromatic rings. The van der Waals surface area contributed by atoms with E-state index in [9.17, 15) is 18.0 Å². The van der Waals surface area contributed by atoms with Crippen LogP contribution in [0.5, 0.6) is 12.0 Å². The fourth-order valence-corrected chi connectivity index (χ4v) is 1.75. The second-order valence-electron chi connectivity index (χ2n) is 4.61. The Morgan fingerprint density at radius 3 is 2.32 bits per heavy atom. The van der Waals surface area contributed by atoms with Crippen LogP contribution in [0.4, 0.5) is 23.7 Å². The van der Waals surface area contributed by atoms with Gasteiger partial charge in [0.25, 0.3) is 0 Å². The maximum Gasteiger partial charge on any atom is 0.416 e. The van der Waals surface area contributed by atoms with Crippen molar-refractivity contribution >= 4 is 11.7 Å². The van der Waals surface area contributed by atoms with E-state index in [1.807, 2.05) is 0 Å². The van der Waals surface area contributed by atoms with Crippen LogP contribution in [0.2, 0.25) is 0 Å². The van der Waals surface area contributed by atoms with Gasteiger partial charge in [0, 0.05) is 5.69 Å². The summed E-state index contributed by atoms with van der Waals surface area (Å²) in [6.45, 7) is -0.111. The molecule has 0 bridgehead atoms. The van der Waals surface area contributed by atoms with E-state index < -0.39 is 17.8 Å². The minimum Gasteiger partial charge on any atom is -0.467 e. The van der Waals surface area contributed by atoms with E-state index in [1.165, 1.54) is 26.4 Å². The largest absolute Gasteiger partial charge is 0.467 e. The summed E-state index contributed by atoms with van der Waals surface area (Å²) < 4.78 is 47.7. The predicted octanol–water partition coefficient (Wildman–Crippen LogP) is 2.23. The number of nitrogens with one attached hydrogen (secondary N) is 2. The van der Waals surface area contributed by atoms with Crippen LogP contribution >= 0.6 is 0 Å². The van der Waals surface area contributed by atoms with Gasteiger partial charge in [-0.1, -0.05) is 6.07 Å². The SMILES string of the molecule is COc1nc(CNC(=O)Nc2cccc(C(F)(F)F)c2)nc(OC)n1. The number of halogens is 3. The number of nitrogens with zero attached hydrogens (tertiary/aromatic N) is 3. The Morgan fingerprint density at radius 2 is 1.76 bits per heavy atom. The normalized spacial score (nSPS) is 10.9. The summed E-state index contributed by atoms with van der Waals surface area (Å²) in [7, 11) is 2.71. The highest BCUT2D eigenvalue weighted by Gasteiger charge is 2.30. The molecule has 0 saturated carbocycles. The van der Waals surface area contributed by atoms with Crippen molar-refractivity contribution < 1.29 is 27.4 Å². The maximum atomic E-state index is 12.6. The van der Waals surface area contributed by atoms with E-state index in [2.05, 4.69) is 25.6 Å². The molecule has 2 N–H and O–H groups in total. The van der Waals surface area contributed by atoms with Crippen LogP contribution in [0.3, 0.4) is 0 Å². The first-order chi connectivity index (χ1) is 11.8. The topological polar surface area (TPSA) is 98.3 Å². The number of benzene rings is 1. The van der Waals surface area contributed by atoms with Gasteiger partial charge in [0.2, 0.25) is 0 Å². The maximum absolute atomic E-state index is 12.6. The first kappa shape index (κ1) is 18.2. The van der Waals surface area contributed by atoms with E-state index in [4.69, 9.17) is 9.47 Å². The number of carbonyl (C=O) groups excluding carboxylic acids is 1. The Bertz CT molecular complexity index is 732. The molecular formula is C14H14F3N5O3. The number of rotatable bonds is 5. The minimum absolute atomic E-state index is 0.00173. The molecule has 1 aromatic carbocycles. The number of hydrogen-bond acceptors (Lipinski definition) is 6. The second-order valence-corrected chi connectivity index (χ2v) is 4.61. The number of carbonyl (C=O) groups is 1. The number of anilines is 1. The summed E-state index contributed by atoms with van der Waals surface area (Å²) in [4.78, 5) is 23.4. The molecule has 0 saturated heterocycles. The van der Waals surface area contributed by atoms with Crippen molar-refractivity contribution in [1.82, 2.24) is 20.3 Å². The zero-order chi connectivity index (χ0) is 18.4. The molecule has 25 heavy (non-hydrogen) atoms. The molecule has 0 fully saturated rings. The van der Waals surface area contributed by atoms with Gasteiger partial charge in [0.15, 0.2) is 5.82 Å². The third-order valence-corrected chi connectivity index (χ3v) is 2.86. The number of aromatic nitrogens is 3. The summed E-state index contributed by atoms with van der Waals surface area (Å²) in [5, 5.41) is 4.71. The van der Waals surface area contributed by atoms with Gasteiger partial charge in [-0.25, -0.2) is 4.79 Å². The average Bonchev–Trinajstić information content (AvgIpc) is 2.59. The zero-order valence-corrected chi connectivity index (χ0v) is 13.2. The van der Waals surface area contributed by atoms with Gasteiger partial charge >= 0.3 is 24.2 Å². The summed E-state index contributed by atoms with van der Waals surface area (Å²) >= 11 is 0. The Morgan fingerprint density at radius 1 is 1.12 bits per heavy atom. The van der Waals surface area contributed by atoms with Crippen LogP contribution in [0.15, 0.2) is 24.3 Å². The van der Waals surface area contributed by atoms with Gasteiger partial charge in [-0.15, -0.1) is 4.98 Å². The van der Waals surface area contributed by atoms with Gasteiger partial charge in [0.1, 0.15) is 0 Å². The molecule has 0 atom stereocenters. The minimum atomic E-state index is -4.49. The van der Waals surface area contributed by atoms with Gasteiger partial charge < -0.3 is 20.1 Å². The van der Waals surface area contributed by atoms with Gasteiger partial charge in [-0.2, -0.15) is 23.1 Å². The van der Waals surface area contributed by atoms with Crippen LogP contribution in [-0.4, -0.2) is 35.2 Å². The van der Waals surface area contributed by atoms with E-state index in [-0.39, 0.29) is 30.1 Å². The van der Waals surface area contributed by atoms with Crippen molar-refractivity contribution in [3.05, 3.63) is 35.7 Å². The highest BCUT2D eigenvalue weighted by Crippen LogP contribution is 2.30. The van der Waals surface area contributed by atoms with Gasteiger partial charge in [-0.3, -0.25) is 0 Å². The zero-order valence-electron chi connectivity index (χ0n) is 13.2. The lowest BCUT2D eigenvalue weighted by atomic mass is 10.2. The van der Waals surface area contributed by atoms with Crippen molar-refractivity contribution in [2.75, 3.05) is 19.5 Å². The van der Waals surface area contributed by atoms with Crippen molar-refractivity contribution in [3.63, 3.8) is 0 Å². The predicted molar refractivity (Wildman–Crippen MR) is 80.2 cm³/mol. The van der Waals surface area contributed by atoms with Crippen LogP contribution < -0.4 is 20.1 Å². The molecule has 0 unspecified atom stereocenters. The van der Waals surface area contributed by atoms with E-state index in [0.717, 1.165) is 12.1 Å². The number of ether oxygens (including phenoxy) is 2. The molecule has 2 amide bonds. The quantitative estimate of drug-likeness (QED) is 0.852. The second kappa shape index (κ2) is 7.64. The molecule has 0 aliphatic rings. The lowest BCUT2D eigenvalue weighted by molar-refractivity contribution is -0.137. The lowest BCUT2D eigenvalue weighted by Gasteiger charge is -2.10. The molecule has 0 aliphatic carbocycles. The molecule has 134 valence electrons. The number of alkyl halides is 3. The standard InChI is InChI=1S/C14H14F3N5O3/c1-24-12-20-10(21-13(22-12)25-2)7-18-11(23)19-9-5-3-4-8(6-9)14(15,16)17/h3-6H,7H2,1-2H3,(H2,18,19,23). The van der Waals surface area contributed by atoms with Gasteiger partial charge in [0.05, 0.1) is 26.3 Å². The number of amides is 2. The van der Waals surface area contributed by atoms with Crippen molar-refractivity contribution in [1.29, 1.82) is 0 Å². The fraction of sp³-hybridized carbons (Fsp3) is 0.286. The monoisotopic (exact) mass is 357 g/mol.